The summed E-state index contributed by atoms with van der Waals surface area (Å²) in [5.41, 5.74) is 15.7. The zero-order valence-electron chi connectivity index (χ0n) is 13.7. The van der Waals surface area contributed by atoms with Gasteiger partial charge in [-0.25, -0.2) is 4.99 Å². The predicted octanol–water partition coefficient (Wildman–Crippen LogP) is 2.20. The fourth-order valence-electron chi connectivity index (χ4n) is 4.23. The third-order valence-corrected chi connectivity index (χ3v) is 6.04. The van der Waals surface area contributed by atoms with Crippen LogP contribution in [0.5, 0.6) is 0 Å². The van der Waals surface area contributed by atoms with Crippen molar-refractivity contribution in [3.05, 3.63) is 27.7 Å². The lowest BCUT2D eigenvalue weighted by Crippen LogP contribution is -2.58. The number of fused-ring (bicyclic) bond motifs is 1. The van der Waals surface area contributed by atoms with E-state index in [1.54, 1.807) is 0 Å². The van der Waals surface area contributed by atoms with Gasteiger partial charge in [-0.1, -0.05) is 22.4 Å². The van der Waals surface area contributed by atoms with Gasteiger partial charge in [-0.3, -0.25) is 4.90 Å². The average molecular weight is 391 g/mol. The van der Waals surface area contributed by atoms with Gasteiger partial charge in [0.2, 0.25) is 11.9 Å². The van der Waals surface area contributed by atoms with Crippen LogP contribution < -0.4 is 21.7 Å². The van der Waals surface area contributed by atoms with Crippen molar-refractivity contribution < 1.29 is 0 Å². The Kier molecular flexibility index (Phi) is 4.00. The lowest BCUT2D eigenvalue weighted by molar-refractivity contribution is 0.305. The van der Waals surface area contributed by atoms with Gasteiger partial charge in [0.1, 0.15) is 5.66 Å². The smallest absolute Gasteiger partial charge is 0.220 e. The molecule has 128 valence electrons. The van der Waals surface area contributed by atoms with Crippen LogP contribution in [0.4, 0.5) is 5.69 Å². The summed E-state index contributed by atoms with van der Waals surface area (Å²) in [7, 11) is 0. The van der Waals surface area contributed by atoms with Crippen molar-refractivity contribution in [2.75, 3.05) is 11.4 Å². The zero-order valence-corrected chi connectivity index (χ0v) is 15.3. The Balaban J connectivity index is 1.86. The van der Waals surface area contributed by atoms with E-state index in [-0.39, 0.29) is 5.66 Å². The van der Waals surface area contributed by atoms with Crippen molar-refractivity contribution in [2.45, 2.75) is 50.7 Å². The molecule has 2 aliphatic heterocycles. The number of benzene rings is 1. The minimum Gasteiger partial charge on any atom is -0.369 e. The number of rotatable bonds is 1. The molecule has 6 nitrogen and oxygen atoms in total. The molecule has 5 N–H and O–H groups in total. The van der Waals surface area contributed by atoms with Gasteiger partial charge in [0.05, 0.1) is 5.69 Å². The number of hydrogen-bond acceptors (Lipinski definition) is 6. The maximum Gasteiger partial charge on any atom is 0.220 e. The van der Waals surface area contributed by atoms with E-state index in [0.717, 1.165) is 55.4 Å². The molecular weight excluding hydrogens is 368 g/mol. The molecule has 7 heteroatoms. The van der Waals surface area contributed by atoms with Gasteiger partial charge in [0, 0.05) is 11.0 Å². The van der Waals surface area contributed by atoms with Crippen molar-refractivity contribution in [3.8, 4) is 0 Å². The molecule has 0 atom stereocenters. The Hall–Kier alpha value is -1.60. The van der Waals surface area contributed by atoms with E-state index in [2.05, 4.69) is 43.3 Å². The molecule has 0 bridgehead atoms. The molecule has 1 aliphatic carbocycles. The highest BCUT2D eigenvalue weighted by molar-refractivity contribution is 9.10. The lowest BCUT2D eigenvalue weighted by Gasteiger charge is -2.46. The number of nitrogens with one attached hydrogen (secondary N) is 1. The number of nitrogens with two attached hydrogens (primary N) is 2. The average Bonchev–Trinajstić information content (AvgIpc) is 2.57. The third kappa shape index (κ3) is 2.50. The van der Waals surface area contributed by atoms with Crippen LogP contribution in [0.25, 0.3) is 0 Å². The van der Waals surface area contributed by atoms with Crippen LogP contribution in [0.3, 0.4) is 0 Å². The molecule has 0 aromatic heterocycles. The van der Waals surface area contributed by atoms with Gasteiger partial charge < -0.3 is 16.8 Å². The van der Waals surface area contributed by atoms with Gasteiger partial charge >= 0.3 is 0 Å². The Bertz CT molecular complexity index is 720. The first kappa shape index (κ1) is 15.9. The minimum atomic E-state index is -0.382. The van der Waals surface area contributed by atoms with Crippen molar-refractivity contribution in [1.82, 2.24) is 5.32 Å². The second kappa shape index (κ2) is 6.04. The van der Waals surface area contributed by atoms with E-state index < -0.39 is 0 Å². The summed E-state index contributed by atoms with van der Waals surface area (Å²) in [6.07, 6.45) is 6.44. The lowest BCUT2D eigenvalue weighted by atomic mass is 9.86. The van der Waals surface area contributed by atoms with Crippen molar-refractivity contribution >= 4 is 33.5 Å². The van der Waals surface area contributed by atoms with Gasteiger partial charge in [-0.2, -0.15) is 4.99 Å². The van der Waals surface area contributed by atoms with Crippen LogP contribution in [0.1, 0.15) is 43.2 Å². The molecule has 1 aromatic rings. The van der Waals surface area contributed by atoms with Gasteiger partial charge in [-0.05, 0) is 61.9 Å². The van der Waals surface area contributed by atoms with Gasteiger partial charge in [0.15, 0.2) is 0 Å². The summed E-state index contributed by atoms with van der Waals surface area (Å²) in [4.78, 5) is 11.2. The molecule has 0 amide bonds. The van der Waals surface area contributed by atoms with Crippen LogP contribution in [0, 0.1) is 0 Å². The predicted molar refractivity (Wildman–Crippen MR) is 101 cm³/mol. The van der Waals surface area contributed by atoms with E-state index in [1.807, 2.05) is 0 Å². The zero-order chi connectivity index (χ0) is 16.7. The molecule has 1 saturated carbocycles. The molecule has 0 unspecified atom stereocenters. The molecule has 4 rings (SSSR count). The van der Waals surface area contributed by atoms with Gasteiger partial charge in [0.25, 0.3) is 0 Å². The van der Waals surface area contributed by atoms with Crippen molar-refractivity contribution in [3.63, 3.8) is 0 Å². The van der Waals surface area contributed by atoms with Crippen molar-refractivity contribution in [1.29, 1.82) is 0 Å². The summed E-state index contributed by atoms with van der Waals surface area (Å²) >= 11 is 3.70. The highest BCUT2D eigenvalue weighted by atomic mass is 79.9. The number of nitrogens with zero attached hydrogens (tertiary/aromatic N) is 3. The monoisotopic (exact) mass is 390 g/mol. The second-order valence-electron chi connectivity index (χ2n) is 6.77. The summed E-state index contributed by atoms with van der Waals surface area (Å²) in [5.74, 6) is 0.759. The largest absolute Gasteiger partial charge is 0.369 e. The first-order valence-electron chi connectivity index (χ1n) is 8.61. The summed E-state index contributed by atoms with van der Waals surface area (Å²) in [5, 5.41) is 3.47. The molecule has 3 aliphatic rings. The number of aliphatic imine (C=N–C) groups is 2. The van der Waals surface area contributed by atoms with Crippen LogP contribution in [-0.4, -0.2) is 24.1 Å². The Morgan fingerprint density at radius 3 is 2.71 bits per heavy atom. The van der Waals surface area contributed by atoms with E-state index in [0.29, 0.717) is 11.9 Å². The quantitative estimate of drug-likeness (QED) is 0.685. The van der Waals surface area contributed by atoms with Crippen LogP contribution >= 0.6 is 15.9 Å². The topological polar surface area (TPSA) is 92.0 Å². The second-order valence-corrected chi connectivity index (χ2v) is 7.62. The standard InChI is InChI=1S/C17H23BrN6/c18-13-4-5-14(12-10-21-9-6-11(12)13)24-16(20)22-15(19)23-17(24)7-2-1-3-8-17/h4-5,21H,1-3,6-10H2,(H4,19,20,22,23). The summed E-state index contributed by atoms with van der Waals surface area (Å²) in [6, 6.07) is 4.25. The maximum absolute atomic E-state index is 6.36. The SMILES string of the molecule is NC1=NC2(CCCCC2)N(c2ccc(Br)c3c2CNCC3)C(N)=N1. The molecule has 1 aromatic carbocycles. The first-order chi connectivity index (χ1) is 11.6. The molecule has 0 saturated heterocycles. The molecule has 1 fully saturated rings. The van der Waals surface area contributed by atoms with E-state index in [1.165, 1.54) is 17.5 Å². The van der Waals surface area contributed by atoms with E-state index >= 15 is 0 Å². The molecular formula is C17H23BrN6. The molecule has 1 spiro atoms. The van der Waals surface area contributed by atoms with E-state index in [4.69, 9.17) is 16.5 Å². The number of anilines is 1. The summed E-state index contributed by atoms with van der Waals surface area (Å²) < 4.78 is 1.16. The van der Waals surface area contributed by atoms with Gasteiger partial charge in [-0.15, -0.1) is 0 Å². The molecule has 2 heterocycles. The van der Waals surface area contributed by atoms with Crippen LogP contribution in [0.15, 0.2) is 26.6 Å². The number of halogens is 1. The Morgan fingerprint density at radius 2 is 1.92 bits per heavy atom. The Labute approximate surface area is 150 Å². The van der Waals surface area contributed by atoms with E-state index in [9.17, 15) is 0 Å². The first-order valence-corrected chi connectivity index (χ1v) is 9.41. The molecule has 24 heavy (non-hydrogen) atoms. The fourth-order valence-corrected chi connectivity index (χ4v) is 4.80. The van der Waals surface area contributed by atoms with Crippen LogP contribution in [-0.2, 0) is 13.0 Å². The van der Waals surface area contributed by atoms with Crippen molar-refractivity contribution in [2.24, 2.45) is 21.5 Å². The highest BCUT2D eigenvalue weighted by Crippen LogP contribution is 2.42. The minimum absolute atomic E-state index is 0.301. The number of guanidine groups is 2. The maximum atomic E-state index is 6.36. The van der Waals surface area contributed by atoms with Crippen LogP contribution in [0.2, 0.25) is 0 Å². The summed E-state index contributed by atoms with van der Waals surface area (Å²) in [6.45, 7) is 1.83. The normalized spacial score (nSPS) is 22.8. The third-order valence-electron chi connectivity index (χ3n) is 5.30. The number of hydrogen-bond donors (Lipinski definition) is 3. The molecule has 0 radical (unpaired) electrons. The fraction of sp³-hybridized carbons (Fsp3) is 0.529. The Morgan fingerprint density at radius 1 is 1.12 bits per heavy atom. The highest BCUT2D eigenvalue weighted by Gasteiger charge is 2.43.